The van der Waals surface area contributed by atoms with E-state index in [0.29, 0.717) is 41.9 Å². The molecule has 6 nitrogen and oxygen atoms in total. The van der Waals surface area contributed by atoms with Crippen LogP contribution in [0, 0.1) is 0 Å². The number of thiophene rings is 1. The molecule has 4 aromatic rings. The number of ether oxygens (including phenoxy) is 2. The monoisotopic (exact) mass is 406 g/mol. The van der Waals surface area contributed by atoms with Gasteiger partial charge in [0.05, 0.1) is 17.4 Å². The van der Waals surface area contributed by atoms with E-state index in [4.69, 9.17) is 9.47 Å². The second-order valence-electron chi connectivity index (χ2n) is 6.86. The molecule has 0 aliphatic carbocycles. The summed E-state index contributed by atoms with van der Waals surface area (Å²) in [5, 5.41) is 2.54. The molecule has 0 bridgehead atoms. The summed E-state index contributed by atoms with van der Waals surface area (Å²) in [6, 6.07) is 16.9. The van der Waals surface area contributed by atoms with Gasteiger partial charge in [0.2, 0.25) is 6.79 Å². The molecule has 5 rings (SSSR count). The molecule has 2 aromatic carbocycles. The molecule has 0 saturated carbocycles. The van der Waals surface area contributed by atoms with E-state index >= 15 is 0 Å². The summed E-state index contributed by atoms with van der Waals surface area (Å²) in [7, 11) is 0. The zero-order valence-corrected chi connectivity index (χ0v) is 16.4. The lowest BCUT2D eigenvalue weighted by atomic mass is 10.2. The zero-order chi connectivity index (χ0) is 19.8. The average Bonchev–Trinajstić information content (AvgIpc) is 3.42. The van der Waals surface area contributed by atoms with Crippen molar-refractivity contribution in [2.75, 3.05) is 6.79 Å². The molecule has 0 N–H and O–H groups in total. The van der Waals surface area contributed by atoms with E-state index in [1.165, 1.54) is 4.57 Å². The van der Waals surface area contributed by atoms with Crippen molar-refractivity contribution in [3.05, 3.63) is 91.3 Å². The highest BCUT2D eigenvalue weighted by Crippen LogP contribution is 2.32. The predicted octanol–water partition coefficient (Wildman–Crippen LogP) is 3.24. The Morgan fingerprint density at radius 1 is 0.931 bits per heavy atom. The molecule has 0 unspecified atom stereocenters. The van der Waals surface area contributed by atoms with Gasteiger partial charge in [0.25, 0.3) is 5.56 Å². The fourth-order valence-electron chi connectivity index (χ4n) is 3.62. The van der Waals surface area contributed by atoms with Crippen LogP contribution < -0.4 is 20.7 Å². The van der Waals surface area contributed by atoms with Crippen LogP contribution in [0.1, 0.15) is 10.4 Å². The number of hydrogen-bond donors (Lipinski definition) is 0. The normalized spacial score (nSPS) is 12.6. The Morgan fingerprint density at radius 2 is 1.79 bits per heavy atom. The predicted molar refractivity (Wildman–Crippen MR) is 112 cm³/mol. The van der Waals surface area contributed by atoms with Crippen molar-refractivity contribution in [1.29, 1.82) is 0 Å². The first-order chi connectivity index (χ1) is 14.2. The van der Waals surface area contributed by atoms with Gasteiger partial charge >= 0.3 is 5.69 Å². The molecule has 0 amide bonds. The molecule has 0 fully saturated rings. The number of aryl methyl sites for hydroxylation is 1. The fraction of sp³-hybridized carbons (Fsp3) is 0.182. The molecule has 0 saturated heterocycles. The van der Waals surface area contributed by atoms with Gasteiger partial charge < -0.3 is 9.47 Å². The van der Waals surface area contributed by atoms with Gasteiger partial charge in [-0.3, -0.25) is 13.9 Å². The van der Waals surface area contributed by atoms with Gasteiger partial charge in [-0.2, -0.15) is 0 Å². The zero-order valence-electron chi connectivity index (χ0n) is 15.5. The molecule has 2 aromatic heterocycles. The molecule has 0 spiro atoms. The minimum absolute atomic E-state index is 0.204. The molecular weight excluding hydrogens is 388 g/mol. The average molecular weight is 406 g/mol. The number of fused-ring (bicyclic) bond motifs is 2. The second-order valence-corrected chi connectivity index (χ2v) is 7.89. The van der Waals surface area contributed by atoms with E-state index in [2.05, 4.69) is 0 Å². The number of rotatable bonds is 5. The molecule has 1 aliphatic heterocycles. The number of hydrogen-bond acceptors (Lipinski definition) is 5. The lowest BCUT2D eigenvalue weighted by Gasteiger charge is -2.14. The van der Waals surface area contributed by atoms with Crippen LogP contribution in [0.15, 0.2) is 69.6 Å². The second kappa shape index (κ2) is 7.25. The third-order valence-corrected chi connectivity index (χ3v) is 6.01. The molecule has 29 heavy (non-hydrogen) atoms. The first-order valence-electron chi connectivity index (χ1n) is 9.34. The van der Waals surface area contributed by atoms with E-state index in [1.54, 1.807) is 22.0 Å². The van der Waals surface area contributed by atoms with Crippen LogP contribution in [0.25, 0.3) is 10.9 Å². The number of nitrogens with zero attached hydrogens (tertiary/aromatic N) is 2. The van der Waals surface area contributed by atoms with Crippen molar-refractivity contribution >= 4 is 22.2 Å². The lowest BCUT2D eigenvalue weighted by Crippen LogP contribution is -2.40. The van der Waals surface area contributed by atoms with Crippen LogP contribution in [-0.4, -0.2) is 15.9 Å². The van der Waals surface area contributed by atoms with E-state index in [0.717, 1.165) is 10.4 Å². The standard InChI is InChI=1S/C22H18N2O4S/c25-21-17-5-1-2-6-18(17)24(13-15-7-8-19-20(12-15)28-14-27-19)22(26)23(21)10-9-16-4-3-11-29-16/h1-8,11-12H,9-10,13-14H2. The minimum Gasteiger partial charge on any atom is -0.454 e. The summed E-state index contributed by atoms with van der Waals surface area (Å²) in [6.45, 7) is 0.898. The number of benzene rings is 2. The van der Waals surface area contributed by atoms with Crippen molar-refractivity contribution in [2.24, 2.45) is 0 Å². The van der Waals surface area contributed by atoms with E-state index in [1.807, 2.05) is 53.9 Å². The Hall–Kier alpha value is -3.32. The summed E-state index contributed by atoms with van der Waals surface area (Å²) >= 11 is 1.63. The molecule has 0 radical (unpaired) electrons. The summed E-state index contributed by atoms with van der Waals surface area (Å²) in [5.74, 6) is 1.37. The molecule has 7 heteroatoms. The SMILES string of the molecule is O=c1c2ccccc2n(Cc2ccc3c(c2)OCO3)c(=O)n1CCc1cccs1. The Morgan fingerprint density at radius 3 is 2.66 bits per heavy atom. The largest absolute Gasteiger partial charge is 0.454 e. The Bertz CT molecular complexity index is 1300. The van der Waals surface area contributed by atoms with Gasteiger partial charge in [0, 0.05) is 11.4 Å². The summed E-state index contributed by atoms with van der Waals surface area (Å²) in [5.41, 5.74) is 0.990. The lowest BCUT2D eigenvalue weighted by molar-refractivity contribution is 0.174. The smallest absolute Gasteiger partial charge is 0.331 e. The topological polar surface area (TPSA) is 62.5 Å². The number of aromatic nitrogens is 2. The maximum Gasteiger partial charge on any atom is 0.331 e. The number of para-hydroxylation sites is 1. The minimum atomic E-state index is -0.303. The highest BCUT2D eigenvalue weighted by molar-refractivity contribution is 7.09. The first kappa shape index (κ1) is 17.8. The Labute approximate surface area is 170 Å². The van der Waals surface area contributed by atoms with Gasteiger partial charge in [-0.25, -0.2) is 4.79 Å². The molecule has 146 valence electrons. The van der Waals surface area contributed by atoms with Crippen molar-refractivity contribution in [2.45, 2.75) is 19.5 Å². The van der Waals surface area contributed by atoms with Crippen LogP contribution in [-0.2, 0) is 19.5 Å². The molecule has 1 aliphatic rings. The summed E-state index contributed by atoms with van der Waals surface area (Å²) in [4.78, 5) is 27.4. The van der Waals surface area contributed by atoms with E-state index in [-0.39, 0.29) is 18.0 Å². The van der Waals surface area contributed by atoms with Gasteiger partial charge in [-0.1, -0.05) is 24.3 Å². The maximum absolute atomic E-state index is 13.3. The highest BCUT2D eigenvalue weighted by atomic mass is 32.1. The van der Waals surface area contributed by atoms with Gasteiger partial charge in [0.15, 0.2) is 11.5 Å². The first-order valence-corrected chi connectivity index (χ1v) is 10.2. The highest BCUT2D eigenvalue weighted by Gasteiger charge is 2.16. The van der Waals surface area contributed by atoms with Crippen LogP contribution in [0.5, 0.6) is 11.5 Å². The van der Waals surface area contributed by atoms with Crippen LogP contribution >= 0.6 is 11.3 Å². The quantitative estimate of drug-likeness (QED) is 0.511. The maximum atomic E-state index is 13.3. The van der Waals surface area contributed by atoms with Crippen molar-refractivity contribution in [1.82, 2.24) is 9.13 Å². The molecule has 3 heterocycles. The molecular formula is C22H18N2O4S. The Balaban J connectivity index is 1.60. The molecule has 0 atom stereocenters. The van der Waals surface area contributed by atoms with Crippen LogP contribution in [0.3, 0.4) is 0 Å². The van der Waals surface area contributed by atoms with Crippen molar-refractivity contribution in [3.63, 3.8) is 0 Å². The third kappa shape index (κ3) is 3.23. The van der Waals surface area contributed by atoms with Gasteiger partial charge in [0.1, 0.15) is 0 Å². The Kier molecular flexibility index (Phi) is 4.44. The van der Waals surface area contributed by atoms with Crippen LogP contribution in [0.2, 0.25) is 0 Å². The van der Waals surface area contributed by atoms with Crippen LogP contribution in [0.4, 0.5) is 0 Å². The fourth-order valence-corrected chi connectivity index (χ4v) is 4.32. The van der Waals surface area contributed by atoms with E-state index in [9.17, 15) is 9.59 Å². The third-order valence-electron chi connectivity index (χ3n) is 5.07. The summed E-state index contributed by atoms with van der Waals surface area (Å²) < 4.78 is 13.8. The van der Waals surface area contributed by atoms with Crippen molar-refractivity contribution in [3.8, 4) is 11.5 Å². The van der Waals surface area contributed by atoms with Gasteiger partial charge in [-0.15, -0.1) is 11.3 Å². The van der Waals surface area contributed by atoms with Crippen molar-refractivity contribution < 1.29 is 9.47 Å². The van der Waals surface area contributed by atoms with Gasteiger partial charge in [-0.05, 0) is 47.7 Å². The summed E-state index contributed by atoms with van der Waals surface area (Å²) in [6.07, 6.45) is 0.648. The van der Waals surface area contributed by atoms with E-state index < -0.39 is 0 Å².